The molecule has 2 rings (SSSR count). The lowest BCUT2D eigenvalue weighted by atomic mass is 10.1. The molecule has 1 heterocycles. The molecule has 6 nitrogen and oxygen atoms in total. The molecule has 0 saturated carbocycles. The molecule has 0 atom stereocenters. The predicted molar refractivity (Wildman–Crippen MR) is 124 cm³/mol. The molecule has 0 fully saturated rings. The minimum absolute atomic E-state index is 0. The predicted octanol–water partition coefficient (Wildman–Crippen LogP) is 4.63. The number of benzene rings is 1. The highest BCUT2D eigenvalue weighted by Gasteiger charge is 2.33. The van der Waals surface area contributed by atoms with Gasteiger partial charge in [0.1, 0.15) is 5.01 Å². The van der Waals surface area contributed by atoms with Crippen LogP contribution in [0.2, 0.25) is 0 Å². The zero-order valence-corrected chi connectivity index (χ0v) is 20.0. The van der Waals surface area contributed by atoms with Gasteiger partial charge in [-0.05, 0) is 23.6 Å². The van der Waals surface area contributed by atoms with Crippen molar-refractivity contribution in [3.05, 3.63) is 45.9 Å². The zero-order valence-electron chi connectivity index (χ0n) is 16.8. The first kappa shape index (κ1) is 26.1. The molecule has 1 aromatic heterocycles. The first-order chi connectivity index (χ1) is 13.7. The minimum atomic E-state index is -4.44. The number of aromatic nitrogens is 1. The Morgan fingerprint density at radius 2 is 1.93 bits per heavy atom. The average Bonchev–Trinajstić information content (AvgIpc) is 3.11. The summed E-state index contributed by atoms with van der Waals surface area (Å²) in [5.41, 5.74) is 0.739. The van der Waals surface area contributed by atoms with Crippen LogP contribution in [-0.4, -0.2) is 23.9 Å². The Morgan fingerprint density at radius 1 is 1.23 bits per heavy atom. The molecule has 0 unspecified atom stereocenters. The number of aliphatic imine (C=N–C) groups is 1. The number of hydrogen-bond acceptors (Lipinski definition) is 4. The zero-order chi connectivity index (χ0) is 21.4. The smallest absolute Gasteiger partial charge is 0.352 e. The maximum Gasteiger partial charge on any atom is 0.434 e. The summed E-state index contributed by atoms with van der Waals surface area (Å²) in [7, 11) is 1.57. The van der Waals surface area contributed by atoms with E-state index in [0.29, 0.717) is 29.6 Å². The van der Waals surface area contributed by atoms with Crippen molar-refractivity contribution in [2.45, 2.75) is 39.5 Å². The molecule has 1 amide bonds. The van der Waals surface area contributed by atoms with Gasteiger partial charge in [-0.25, -0.2) is 4.98 Å². The second-order valence-electron chi connectivity index (χ2n) is 6.75. The summed E-state index contributed by atoms with van der Waals surface area (Å²) in [6.07, 6.45) is -3.99. The fraction of sp³-hybridized carbons (Fsp3) is 0.421. The van der Waals surface area contributed by atoms with Crippen LogP contribution in [0.25, 0.3) is 0 Å². The number of guanidine groups is 1. The third-order valence-electron chi connectivity index (χ3n) is 3.74. The quantitative estimate of drug-likeness (QED) is 0.265. The Hall–Kier alpha value is -1.89. The van der Waals surface area contributed by atoms with E-state index in [1.165, 1.54) is 0 Å². The first-order valence-electron chi connectivity index (χ1n) is 9.02. The topological polar surface area (TPSA) is 78.4 Å². The van der Waals surface area contributed by atoms with Crippen LogP contribution in [0.3, 0.4) is 0 Å². The van der Waals surface area contributed by atoms with Gasteiger partial charge in [0.2, 0.25) is 5.91 Å². The van der Waals surface area contributed by atoms with Crippen molar-refractivity contribution in [1.29, 1.82) is 0 Å². The number of anilines is 1. The van der Waals surface area contributed by atoms with Gasteiger partial charge in [0, 0.05) is 31.1 Å². The van der Waals surface area contributed by atoms with Crippen molar-refractivity contribution in [3.63, 3.8) is 0 Å². The monoisotopic (exact) mass is 555 g/mol. The second kappa shape index (κ2) is 12.1. The molecule has 0 radical (unpaired) electrons. The van der Waals surface area contributed by atoms with Gasteiger partial charge in [-0.3, -0.25) is 9.79 Å². The summed E-state index contributed by atoms with van der Waals surface area (Å²) in [6.45, 7) is 4.52. The van der Waals surface area contributed by atoms with Crippen LogP contribution in [0, 0.1) is 5.92 Å². The minimum Gasteiger partial charge on any atom is -0.352 e. The van der Waals surface area contributed by atoms with Crippen LogP contribution in [-0.2, 0) is 24.1 Å². The number of amides is 1. The van der Waals surface area contributed by atoms with E-state index in [2.05, 4.69) is 25.9 Å². The van der Waals surface area contributed by atoms with Crippen LogP contribution in [0.4, 0.5) is 18.9 Å². The molecule has 0 saturated heterocycles. The van der Waals surface area contributed by atoms with Crippen molar-refractivity contribution in [2.24, 2.45) is 10.9 Å². The SMILES string of the molecule is CN=C(NCc1cccc(NC(=O)CC(C)C)c1)NCc1nc(C(F)(F)F)cs1.I. The van der Waals surface area contributed by atoms with Crippen molar-refractivity contribution in [1.82, 2.24) is 15.6 Å². The molecule has 166 valence electrons. The Bertz CT molecular complexity index is 855. The van der Waals surface area contributed by atoms with Gasteiger partial charge in [0.15, 0.2) is 11.7 Å². The number of hydrogen-bond donors (Lipinski definition) is 3. The van der Waals surface area contributed by atoms with E-state index in [-0.39, 0.29) is 42.3 Å². The number of alkyl halides is 3. The fourth-order valence-corrected chi connectivity index (χ4v) is 3.17. The molecule has 30 heavy (non-hydrogen) atoms. The van der Waals surface area contributed by atoms with E-state index in [1.54, 1.807) is 7.05 Å². The lowest BCUT2D eigenvalue weighted by Gasteiger charge is -2.12. The van der Waals surface area contributed by atoms with E-state index >= 15 is 0 Å². The summed E-state index contributed by atoms with van der Waals surface area (Å²) in [6, 6.07) is 7.41. The number of carbonyl (C=O) groups is 1. The maximum absolute atomic E-state index is 12.6. The highest BCUT2D eigenvalue weighted by molar-refractivity contribution is 14.0. The van der Waals surface area contributed by atoms with E-state index < -0.39 is 11.9 Å². The van der Waals surface area contributed by atoms with Crippen LogP contribution in [0.15, 0.2) is 34.6 Å². The number of carbonyl (C=O) groups excluding carboxylic acids is 1. The lowest BCUT2D eigenvalue weighted by molar-refractivity contribution is -0.140. The highest BCUT2D eigenvalue weighted by atomic mass is 127. The molecular weight excluding hydrogens is 530 g/mol. The molecule has 0 spiro atoms. The van der Waals surface area contributed by atoms with Gasteiger partial charge < -0.3 is 16.0 Å². The van der Waals surface area contributed by atoms with E-state index in [4.69, 9.17) is 0 Å². The van der Waals surface area contributed by atoms with Gasteiger partial charge in [-0.2, -0.15) is 13.2 Å². The average molecular weight is 555 g/mol. The summed E-state index contributed by atoms with van der Waals surface area (Å²) in [5.74, 6) is 0.673. The second-order valence-corrected chi connectivity index (χ2v) is 7.69. The van der Waals surface area contributed by atoms with Gasteiger partial charge >= 0.3 is 6.18 Å². The van der Waals surface area contributed by atoms with Gasteiger partial charge in [0.05, 0.1) is 6.54 Å². The number of thiazole rings is 1. The maximum atomic E-state index is 12.6. The number of nitrogens with one attached hydrogen (secondary N) is 3. The third kappa shape index (κ3) is 8.86. The Balaban J connectivity index is 0.00000450. The van der Waals surface area contributed by atoms with Crippen molar-refractivity contribution < 1.29 is 18.0 Å². The Labute approximate surface area is 194 Å². The Kier molecular flexibility index (Phi) is 10.5. The third-order valence-corrected chi connectivity index (χ3v) is 4.59. The normalized spacial score (nSPS) is 11.8. The molecule has 0 bridgehead atoms. The Morgan fingerprint density at radius 3 is 2.53 bits per heavy atom. The van der Waals surface area contributed by atoms with Crippen molar-refractivity contribution in [2.75, 3.05) is 12.4 Å². The molecule has 0 aliphatic heterocycles. The van der Waals surface area contributed by atoms with E-state index in [9.17, 15) is 18.0 Å². The number of rotatable bonds is 7. The fourth-order valence-electron chi connectivity index (χ4n) is 2.43. The molecule has 1 aromatic carbocycles. The van der Waals surface area contributed by atoms with E-state index in [0.717, 1.165) is 22.3 Å². The lowest BCUT2D eigenvalue weighted by Crippen LogP contribution is -2.36. The van der Waals surface area contributed by atoms with Gasteiger partial charge in [0.25, 0.3) is 0 Å². The number of halogens is 4. The molecule has 0 aliphatic carbocycles. The molecule has 11 heteroatoms. The summed E-state index contributed by atoms with van der Waals surface area (Å²) < 4.78 is 37.8. The first-order valence-corrected chi connectivity index (χ1v) is 9.90. The standard InChI is InChI=1S/C19H24F3N5OS.HI/c1-12(2)7-16(28)26-14-6-4-5-13(8-14)9-24-18(23-3)25-10-17-27-15(11-29-17)19(20,21)22;/h4-6,8,11-12H,7,9-10H2,1-3H3,(H,26,28)(H2,23,24,25);1H. The molecular formula is C19H25F3IN5OS. The summed E-state index contributed by atoms with van der Waals surface area (Å²) in [4.78, 5) is 19.5. The van der Waals surface area contributed by atoms with Crippen molar-refractivity contribution in [3.8, 4) is 0 Å². The van der Waals surface area contributed by atoms with Crippen molar-refractivity contribution >= 4 is 52.9 Å². The van der Waals surface area contributed by atoms with E-state index in [1.807, 2.05) is 38.1 Å². The molecule has 0 aliphatic rings. The summed E-state index contributed by atoms with van der Waals surface area (Å²) >= 11 is 0.938. The van der Waals surface area contributed by atoms with Crippen LogP contribution >= 0.6 is 35.3 Å². The van der Waals surface area contributed by atoms with Crippen LogP contribution < -0.4 is 16.0 Å². The molecule has 3 N–H and O–H groups in total. The van der Waals surface area contributed by atoms with Crippen LogP contribution in [0.1, 0.15) is 36.5 Å². The largest absolute Gasteiger partial charge is 0.434 e. The number of nitrogens with zero attached hydrogens (tertiary/aromatic N) is 2. The highest BCUT2D eigenvalue weighted by Crippen LogP contribution is 2.29. The van der Waals surface area contributed by atoms with Crippen LogP contribution in [0.5, 0.6) is 0 Å². The summed E-state index contributed by atoms with van der Waals surface area (Å²) in [5, 5.41) is 10.2. The molecule has 2 aromatic rings. The van der Waals surface area contributed by atoms with Gasteiger partial charge in [-0.1, -0.05) is 26.0 Å². The van der Waals surface area contributed by atoms with Gasteiger partial charge in [-0.15, -0.1) is 35.3 Å².